The Balaban J connectivity index is 2.29. The lowest BCUT2D eigenvalue weighted by Gasteiger charge is -2.35. The highest BCUT2D eigenvalue weighted by Crippen LogP contribution is 2.37. The Labute approximate surface area is 187 Å². The fraction of sp³-hybridized carbons (Fsp3) is 0.200. The minimum absolute atomic E-state index is 0.0199. The summed E-state index contributed by atoms with van der Waals surface area (Å²) < 4.78 is 1.23. The minimum atomic E-state index is -1.38. The van der Waals surface area contributed by atoms with Crippen LogP contribution in [0.5, 0.6) is 5.88 Å². The molecule has 2 amide bonds. The van der Waals surface area contributed by atoms with Crippen molar-refractivity contribution in [3.8, 4) is 5.88 Å². The Morgan fingerprint density at radius 2 is 1.81 bits per heavy atom. The molecule has 0 aliphatic carbocycles. The highest BCUT2D eigenvalue weighted by molar-refractivity contribution is 7.80. The summed E-state index contributed by atoms with van der Waals surface area (Å²) in [4.78, 5) is 46.8. The zero-order chi connectivity index (χ0) is 22.7. The zero-order valence-electron chi connectivity index (χ0n) is 16.3. The molecule has 1 fully saturated rings. The summed E-state index contributed by atoms with van der Waals surface area (Å²) in [6, 6.07) is 3.13. The van der Waals surface area contributed by atoms with E-state index in [2.05, 4.69) is 28.4 Å². The van der Waals surface area contributed by atoms with Crippen LogP contribution in [0.4, 0.5) is 0 Å². The van der Waals surface area contributed by atoms with E-state index in [0.717, 1.165) is 0 Å². The van der Waals surface area contributed by atoms with Gasteiger partial charge in [0, 0.05) is 31.4 Å². The molecule has 11 heteroatoms. The lowest BCUT2D eigenvalue weighted by molar-refractivity contribution is -0.141. The smallest absolute Gasteiger partial charge is 0.259 e. The van der Waals surface area contributed by atoms with Crippen molar-refractivity contribution in [3.63, 3.8) is 0 Å². The molecule has 2 aromatic rings. The van der Waals surface area contributed by atoms with Crippen LogP contribution in [-0.4, -0.2) is 48.0 Å². The van der Waals surface area contributed by atoms with E-state index in [-0.39, 0.29) is 28.5 Å². The van der Waals surface area contributed by atoms with Gasteiger partial charge in [-0.05, 0) is 42.1 Å². The van der Waals surface area contributed by atoms with Gasteiger partial charge in [0.1, 0.15) is 5.92 Å². The lowest BCUT2D eigenvalue weighted by Crippen LogP contribution is -2.59. The van der Waals surface area contributed by atoms with Crippen LogP contribution >= 0.6 is 24.4 Å². The summed E-state index contributed by atoms with van der Waals surface area (Å²) in [6.07, 6.45) is 5.88. The quantitative estimate of drug-likeness (QED) is 0.326. The fourth-order valence-corrected chi connectivity index (χ4v) is 4.00. The predicted octanol–water partition coefficient (Wildman–Crippen LogP) is 1.37. The van der Waals surface area contributed by atoms with E-state index in [1.54, 1.807) is 12.1 Å². The molecular formula is C20H19N5O4S2. The van der Waals surface area contributed by atoms with Gasteiger partial charge in [-0.1, -0.05) is 12.2 Å². The Morgan fingerprint density at radius 3 is 2.42 bits per heavy atom. The lowest BCUT2D eigenvalue weighted by atomic mass is 9.79. The molecule has 0 spiro atoms. The van der Waals surface area contributed by atoms with Gasteiger partial charge < -0.3 is 10.4 Å². The number of pyridine rings is 1. The average molecular weight is 458 g/mol. The summed E-state index contributed by atoms with van der Waals surface area (Å²) in [5, 5.41) is 13.4. The Kier molecular flexibility index (Phi) is 6.56. The van der Waals surface area contributed by atoms with Crippen molar-refractivity contribution in [2.24, 2.45) is 5.92 Å². The van der Waals surface area contributed by atoms with Gasteiger partial charge in [-0.25, -0.2) is 0 Å². The Hall–Kier alpha value is -3.44. The van der Waals surface area contributed by atoms with Crippen LogP contribution in [-0.2, 0) is 16.1 Å². The first-order valence-corrected chi connectivity index (χ1v) is 9.97. The van der Waals surface area contributed by atoms with Crippen molar-refractivity contribution in [1.82, 2.24) is 24.8 Å². The number of carbonyl (C=O) groups is 2. The molecule has 1 aliphatic rings. The van der Waals surface area contributed by atoms with E-state index in [1.807, 2.05) is 0 Å². The van der Waals surface area contributed by atoms with E-state index in [9.17, 15) is 19.5 Å². The molecule has 3 heterocycles. The number of hydrogen-bond donors (Lipinski definition) is 3. The van der Waals surface area contributed by atoms with Crippen molar-refractivity contribution >= 4 is 41.4 Å². The second-order valence-electron chi connectivity index (χ2n) is 6.66. The molecule has 0 saturated carbocycles. The summed E-state index contributed by atoms with van der Waals surface area (Å²) in [7, 11) is 0. The first-order valence-electron chi connectivity index (χ1n) is 9.15. The number of allylic oxidation sites excluding steroid dienone is 1. The molecule has 1 saturated heterocycles. The van der Waals surface area contributed by atoms with Crippen molar-refractivity contribution in [3.05, 3.63) is 76.1 Å². The van der Waals surface area contributed by atoms with Gasteiger partial charge in [-0.3, -0.25) is 33.8 Å². The van der Waals surface area contributed by atoms with Crippen LogP contribution in [0.3, 0.4) is 0 Å². The maximum absolute atomic E-state index is 13.3. The number of nitrogens with one attached hydrogen (secondary N) is 2. The number of carbonyl (C=O) groups excluding carboxylic acids is 2. The zero-order valence-corrected chi connectivity index (χ0v) is 17.9. The largest absolute Gasteiger partial charge is 0.494 e. The number of nitrogens with zero attached hydrogens (tertiary/aromatic N) is 3. The van der Waals surface area contributed by atoms with Crippen molar-refractivity contribution in [2.75, 3.05) is 6.54 Å². The van der Waals surface area contributed by atoms with E-state index >= 15 is 0 Å². The number of H-pyrrole nitrogens is 1. The van der Waals surface area contributed by atoms with Crippen LogP contribution in [0.1, 0.15) is 17.0 Å². The van der Waals surface area contributed by atoms with Crippen LogP contribution in [0.2, 0.25) is 0 Å². The molecule has 160 valence electrons. The molecule has 0 aromatic carbocycles. The van der Waals surface area contributed by atoms with Crippen LogP contribution in [0.15, 0.2) is 54.6 Å². The van der Waals surface area contributed by atoms with Crippen LogP contribution in [0.25, 0.3) is 0 Å². The monoisotopic (exact) mass is 457 g/mol. The van der Waals surface area contributed by atoms with E-state index in [4.69, 9.17) is 24.4 Å². The highest BCUT2D eigenvalue weighted by atomic mass is 32.1. The maximum atomic E-state index is 13.3. The van der Waals surface area contributed by atoms with Gasteiger partial charge in [-0.2, -0.15) is 0 Å². The predicted molar refractivity (Wildman–Crippen MR) is 120 cm³/mol. The first-order chi connectivity index (χ1) is 14.8. The highest BCUT2D eigenvalue weighted by Gasteiger charge is 2.46. The van der Waals surface area contributed by atoms with Crippen molar-refractivity contribution in [2.45, 2.75) is 12.5 Å². The topological polar surface area (TPSA) is 120 Å². The van der Waals surface area contributed by atoms with E-state index in [1.165, 1.54) is 34.0 Å². The molecule has 2 aromatic heterocycles. The van der Waals surface area contributed by atoms with Crippen molar-refractivity contribution < 1.29 is 14.7 Å². The summed E-state index contributed by atoms with van der Waals surface area (Å²) >= 11 is 10.2. The number of rotatable bonds is 7. The van der Waals surface area contributed by atoms with Crippen LogP contribution in [0, 0.1) is 10.7 Å². The number of thiocarbonyl (C=S) groups is 1. The van der Waals surface area contributed by atoms with Crippen LogP contribution < -0.4 is 10.9 Å². The van der Waals surface area contributed by atoms with Crippen molar-refractivity contribution in [1.29, 1.82) is 0 Å². The second-order valence-corrected chi connectivity index (χ2v) is 7.44. The molecule has 2 atom stereocenters. The molecule has 3 rings (SSSR count). The molecule has 1 aliphatic heterocycles. The van der Waals surface area contributed by atoms with Gasteiger partial charge in [0.15, 0.2) is 9.88 Å². The molecule has 31 heavy (non-hydrogen) atoms. The fourth-order valence-electron chi connectivity index (χ4n) is 3.48. The number of aromatic nitrogens is 3. The SMILES string of the molecule is C=CCN1C(=O)[C@@H]([C@H](c2ccncc2)c2c(O)n(CC=C)c(=S)[nH]c2=O)C(=O)NC1=S. The summed E-state index contributed by atoms with van der Waals surface area (Å²) in [5.41, 5.74) is -0.465. The number of aromatic hydroxyl groups is 1. The molecule has 0 unspecified atom stereocenters. The van der Waals surface area contributed by atoms with E-state index < -0.39 is 35.1 Å². The van der Waals surface area contributed by atoms with Gasteiger partial charge in [-0.15, -0.1) is 13.2 Å². The molecular weight excluding hydrogens is 438 g/mol. The average Bonchev–Trinajstić information content (AvgIpc) is 2.73. The third kappa shape index (κ3) is 4.09. The van der Waals surface area contributed by atoms with E-state index in [0.29, 0.717) is 5.56 Å². The number of hydrogen-bond acceptors (Lipinski definition) is 7. The number of amides is 2. The summed E-state index contributed by atoms with van der Waals surface area (Å²) in [6.45, 7) is 7.40. The third-order valence-corrected chi connectivity index (χ3v) is 5.47. The van der Waals surface area contributed by atoms with Gasteiger partial charge in [0.25, 0.3) is 5.56 Å². The Morgan fingerprint density at radius 1 is 1.16 bits per heavy atom. The second kappa shape index (κ2) is 9.14. The standard InChI is InChI=1S/C20H19N5O4S2/c1-3-9-24-17(28)13(15(26)22-19(24)30)12(11-5-7-21-8-6-11)14-16(27)23-20(31)25(10-4-2)18(14)29/h3-8,12-13,29H,1-2,9-10H2,(H,22,26,30)(H,23,27,31)/t12-,13-/m0/s1. The molecule has 0 bridgehead atoms. The molecule has 0 radical (unpaired) electrons. The first kappa shape index (κ1) is 22.2. The third-order valence-electron chi connectivity index (χ3n) is 4.83. The maximum Gasteiger partial charge on any atom is 0.259 e. The Bertz CT molecular complexity index is 1190. The molecule has 3 N–H and O–H groups in total. The summed E-state index contributed by atoms with van der Waals surface area (Å²) in [5.74, 6) is -4.28. The normalized spacial score (nSPS) is 17.2. The number of aromatic amines is 1. The van der Waals surface area contributed by atoms with Gasteiger partial charge >= 0.3 is 0 Å². The van der Waals surface area contributed by atoms with Gasteiger partial charge in [0.2, 0.25) is 17.7 Å². The molecule has 9 nitrogen and oxygen atoms in total. The minimum Gasteiger partial charge on any atom is -0.494 e. The van der Waals surface area contributed by atoms with Gasteiger partial charge in [0.05, 0.1) is 5.56 Å².